The minimum atomic E-state index is -0.614. The Morgan fingerprint density at radius 2 is 1.86 bits per heavy atom. The summed E-state index contributed by atoms with van der Waals surface area (Å²) in [7, 11) is 0. The smallest absolute Gasteiger partial charge is 0.273 e. The number of benzene rings is 2. The average molecular weight is 317 g/mol. The van der Waals surface area contributed by atoms with Crippen molar-refractivity contribution in [3.63, 3.8) is 0 Å². The first kappa shape index (κ1) is 15.9. The molecule has 6 heteroatoms. The number of carbonyl (C=O) groups excluding carboxylic acids is 1. The largest absolute Gasteiger partial charge is 0.374 e. The molecule has 1 amide bonds. The highest BCUT2D eigenvalue weighted by molar-refractivity contribution is 7.80. The summed E-state index contributed by atoms with van der Waals surface area (Å²) in [6.07, 6.45) is 0.741. The van der Waals surface area contributed by atoms with Crippen LogP contribution in [0.5, 0.6) is 0 Å². The van der Waals surface area contributed by atoms with Gasteiger partial charge in [0.15, 0.2) is 5.11 Å². The third-order valence-electron chi connectivity index (χ3n) is 3.17. The summed E-state index contributed by atoms with van der Waals surface area (Å²) in [6.45, 7) is 1.98. The summed E-state index contributed by atoms with van der Waals surface area (Å²) in [5, 5.41) is 1.27. The van der Waals surface area contributed by atoms with Crippen molar-refractivity contribution in [3.8, 4) is 0 Å². The second-order valence-corrected chi connectivity index (χ2v) is 4.99. The van der Waals surface area contributed by atoms with Crippen LogP contribution in [-0.4, -0.2) is 11.0 Å². The van der Waals surface area contributed by atoms with E-state index in [1.165, 1.54) is 23.2 Å². The molecule has 0 aromatic heterocycles. The second kappa shape index (κ2) is 7.00. The average Bonchev–Trinajstić information content (AvgIpc) is 2.52. The summed E-state index contributed by atoms with van der Waals surface area (Å²) >= 11 is 5.00. The molecule has 0 atom stereocenters. The Balaban J connectivity index is 2.32. The third kappa shape index (κ3) is 3.40. The number of anilines is 1. The SMILES string of the molecule is CCc1ccccc1N(NC(=O)c1ccccc1F)C(N)=S. The van der Waals surface area contributed by atoms with Crippen LogP contribution < -0.4 is 16.2 Å². The third-order valence-corrected chi connectivity index (χ3v) is 3.35. The van der Waals surface area contributed by atoms with Gasteiger partial charge in [0.2, 0.25) is 0 Å². The molecule has 0 aliphatic carbocycles. The van der Waals surface area contributed by atoms with Crippen molar-refractivity contribution in [2.75, 3.05) is 5.01 Å². The highest BCUT2D eigenvalue weighted by Gasteiger charge is 2.18. The maximum absolute atomic E-state index is 13.7. The number of hydrogen-bond acceptors (Lipinski definition) is 2. The molecule has 0 saturated carbocycles. The van der Waals surface area contributed by atoms with Gasteiger partial charge in [0.05, 0.1) is 11.3 Å². The number of hydrogen-bond donors (Lipinski definition) is 2. The summed E-state index contributed by atoms with van der Waals surface area (Å²) in [4.78, 5) is 12.2. The fourth-order valence-corrected chi connectivity index (χ4v) is 2.21. The maximum Gasteiger partial charge on any atom is 0.273 e. The van der Waals surface area contributed by atoms with E-state index in [1.807, 2.05) is 25.1 Å². The minimum absolute atomic E-state index is 0.0226. The lowest BCUT2D eigenvalue weighted by Gasteiger charge is -2.25. The number of carbonyl (C=O) groups is 1. The molecule has 0 radical (unpaired) electrons. The number of rotatable bonds is 3. The van der Waals surface area contributed by atoms with Crippen LogP contribution in [0.4, 0.5) is 10.1 Å². The molecule has 3 N–H and O–H groups in total. The van der Waals surface area contributed by atoms with E-state index in [-0.39, 0.29) is 10.7 Å². The first-order valence-electron chi connectivity index (χ1n) is 6.77. The van der Waals surface area contributed by atoms with E-state index >= 15 is 0 Å². The lowest BCUT2D eigenvalue weighted by Crippen LogP contribution is -2.49. The number of hydrazine groups is 1. The van der Waals surface area contributed by atoms with Crippen molar-refractivity contribution >= 4 is 28.9 Å². The highest BCUT2D eigenvalue weighted by Crippen LogP contribution is 2.20. The molecule has 0 bridgehead atoms. The molecule has 0 fully saturated rings. The van der Waals surface area contributed by atoms with Crippen LogP contribution in [0.15, 0.2) is 48.5 Å². The quantitative estimate of drug-likeness (QED) is 0.675. The van der Waals surface area contributed by atoms with Crippen molar-refractivity contribution in [1.82, 2.24) is 5.43 Å². The number of nitrogens with zero attached hydrogens (tertiary/aromatic N) is 1. The molecular weight excluding hydrogens is 301 g/mol. The number of amides is 1. The molecule has 2 aromatic carbocycles. The van der Waals surface area contributed by atoms with E-state index in [1.54, 1.807) is 12.1 Å². The van der Waals surface area contributed by atoms with Gasteiger partial charge in [0.25, 0.3) is 5.91 Å². The van der Waals surface area contributed by atoms with Crippen LogP contribution >= 0.6 is 12.2 Å². The van der Waals surface area contributed by atoms with Crippen molar-refractivity contribution in [1.29, 1.82) is 0 Å². The topological polar surface area (TPSA) is 58.4 Å². The van der Waals surface area contributed by atoms with Gasteiger partial charge in [0, 0.05) is 0 Å². The molecule has 0 spiro atoms. The zero-order chi connectivity index (χ0) is 16.1. The van der Waals surface area contributed by atoms with Crippen LogP contribution in [0.2, 0.25) is 0 Å². The van der Waals surface area contributed by atoms with Crippen molar-refractivity contribution < 1.29 is 9.18 Å². The Labute approximate surface area is 133 Å². The van der Waals surface area contributed by atoms with Crippen LogP contribution in [0.1, 0.15) is 22.8 Å². The van der Waals surface area contributed by atoms with Crippen LogP contribution in [-0.2, 0) is 6.42 Å². The fraction of sp³-hybridized carbons (Fsp3) is 0.125. The standard InChI is InChI=1S/C16H16FN3OS/c1-2-11-7-3-6-10-14(11)20(16(18)22)19-15(21)12-8-4-5-9-13(12)17/h3-10H,2H2,1H3,(H2,18,22)(H,19,21). The number of nitrogens with one attached hydrogen (secondary N) is 1. The van der Waals surface area contributed by atoms with Gasteiger partial charge < -0.3 is 5.73 Å². The van der Waals surface area contributed by atoms with E-state index in [9.17, 15) is 9.18 Å². The Bertz CT molecular complexity index is 705. The first-order chi connectivity index (χ1) is 10.5. The molecule has 22 heavy (non-hydrogen) atoms. The van der Waals surface area contributed by atoms with E-state index in [0.717, 1.165) is 12.0 Å². The molecule has 0 unspecified atom stereocenters. The number of aryl methyl sites for hydroxylation is 1. The van der Waals surface area contributed by atoms with Gasteiger partial charge in [-0.15, -0.1) is 0 Å². The van der Waals surface area contributed by atoms with Crippen LogP contribution in [0.3, 0.4) is 0 Å². The number of halogens is 1. The monoisotopic (exact) mass is 317 g/mol. The number of thiocarbonyl (C=S) groups is 1. The lowest BCUT2D eigenvalue weighted by molar-refractivity contribution is 0.0951. The molecule has 0 aliphatic heterocycles. The summed E-state index contributed by atoms with van der Waals surface area (Å²) < 4.78 is 13.7. The van der Waals surface area contributed by atoms with Gasteiger partial charge >= 0.3 is 0 Å². The van der Waals surface area contributed by atoms with Gasteiger partial charge in [-0.3, -0.25) is 10.2 Å². The Morgan fingerprint density at radius 3 is 2.50 bits per heavy atom. The summed E-state index contributed by atoms with van der Waals surface area (Å²) in [6, 6.07) is 13.1. The molecule has 2 aromatic rings. The predicted octanol–water partition coefficient (Wildman–Crippen LogP) is 2.78. The number of para-hydroxylation sites is 1. The van der Waals surface area contributed by atoms with E-state index in [4.69, 9.17) is 18.0 Å². The van der Waals surface area contributed by atoms with Crippen molar-refractivity contribution in [3.05, 3.63) is 65.5 Å². The van der Waals surface area contributed by atoms with Crippen LogP contribution in [0.25, 0.3) is 0 Å². The summed E-state index contributed by atoms with van der Waals surface area (Å²) in [5.74, 6) is -1.22. The zero-order valence-electron chi connectivity index (χ0n) is 12.0. The second-order valence-electron chi connectivity index (χ2n) is 4.58. The van der Waals surface area contributed by atoms with Crippen LogP contribution in [0, 0.1) is 5.82 Å². The van der Waals surface area contributed by atoms with E-state index < -0.39 is 11.7 Å². The normalized spacial score (nSPS) is 10.1. The predicted molar refractivity (Wildman–Crippen MR) is 89.0 cm³/mol. The van der Waals surface area contributed by atoms with E-state index in [2.05, 4.69) is 5.43 Å². The fourth-order valence-electron chi connectivity index (χ4n) is 2.07. The van der Waals surface area contributed by atoms with Gasteiger partial charge in [-0.25, -0.2) is 9.40 Å². The Morgan fingerprint density at radius 1 is 1.23 bits per heavy atom. The van der Waals surface area contributed by atoms with E-state index in [0.29, 0.717) is 5.69 Å². The van der Waals surface area contributed by atoms with Gasteiger partial charge in [-0.1, -0.05) is 37.3 Å². The molecular formula is C16H16FN3OS. The number of nitrogens with two attached hydrogens (primary N) is 1. The molecule has 2 rings (SSSR count). The zero-order valence-corrected chi connectivity index (χ0v) is 12.9. The molecule has 0 saturated heterocycles. The summed E-state index contributed by atoms with van der Waals surface area (Å²) in [5.41, 5.74) is 9.82. The molecule has 114 valence electrons. The minimum Gasteiger partial charge on any atom is -0.374 e. The van der Waals surface area contributed by atoms with Gasteiger partial charge in [-0.2, -0.15) is 0 Å². The lowest BCUT2D eigenvalue weighted by atomic mass is 10.1. The maximum atomic E-state index is 13.7. The Hall–Kier alpha value is -2.47. The van der Waals surface area contributed by atoms with Crippen molar-refractivity contribution in [2.45, 2.75) is 13.3 Å². The molecule has 0 heterocycles. The highest BCUT2D eigenvalue weighted by atomic mass is 32.1. The van der Waals surface area contributed by atoms with Gasteiger partial charge in [-0.05, 0) is 42.4 Å². The first-order valence-corrected chi connectivity index (χ1v) is 7.18. The molecule has 4 nitrogen and oxygen atoms in total. The van der Waals surface area contributed by atoms with Crippen molar-refractivity contribution in [2.24, 2.45) is 5.73 Å². The van der Waals surface area contributed by atoms with Gasteiger partial charge in [0.1, 0.15) is 5.82 Å². The Kier molecular flexibility index (Phi) is 5.06. The molecule has 0 aliphatic rings.